The molecule has 5 N–H and O–H groups in total. The van der Waals surface area contributed by atoms with Crippen LogP contribution < -0.4 is 5.32 Å². The summed E-state index contributed by atoms with van der Waals surface area (Å²) in [6.45, 7) is 4.10. The molecule has 0 rings (SSSR count). The molecule has 0 heterocycles. The van der Waals surface area contributed by atoms with E-state index in [-0.39, 0.29) is 0 Å². The van der Waals surface area contributed by atoms with Gasteiger partial charge in [-0.15, -0.1) is 0 Å². The Morgan fingerprint density at radius 2 is 0.523 bits per heavy atom. The fraction of sp³-hybridized carbons (Fsp3) is 0.983. The van der Waals surface area contributed by atoms with E-state index < -0.39 is 36.9 Å². The second-order valence-corrected chi connectivity index (χ2v) is 21.1. The Labute approximate surface area is 407 Å². The van der Waals surface area contributed by atoms with E-state index in [1.165, 1.54) is 276 Å². The number of unbranched alkanes of at least 4 members (excludes halogenated alkanes) is 47. The van der Waals surface area contributed by atoms with Crippen LogP contribution >= 0.6 is 0 Å². The first-order chi connectivity index (χ1) is 32.0. The molecule has 4 atom stereocenters. The minimum absolute atomic E-state index is 0.376. The Balaban J connectivity index is 3.53. The molecule has 6 nitrogen and oxygen atoms in total. The van der Waals surface area contributed by atoms with Crippen LogP contribution in [0.1, 0.15) is 341 Å². The van der Waals surface area contributed by atoms with Gasteiger partial charge in [-0.2, -0.15) is 0 Å². The summed E-state index contributed by atoms with van der Waals surface area (Å²) in [6, 6.07) is -0.981. The van der Waals surface area contributed by atoms with Gasteiger partial charge in [0.25, 0.3) is 0 Å². The molecule has 0 aromatic rings. The normalized spacial score (nSPS) is 13.6. The number of aliphatic hydroxyl groups is 4. The lowest BCUT2D eigenvalue weighted by Crippen LogP contribution is -2.53. The molecule has 0 saturated heterocycles. The van der Waals surface area contributed by atoms with Crippen molar-refractivity contribution >= 4 is 5.91 Å². The minimum Gasteiger partial charge on any atom is -0.394 e. The zero-order chi connectivity index (χ0) is 47.4. The Hall–Kier alpha value is -0.690. The fourth-order valence-corrected chi connectivity index (χ4v) is 9.88. The summed E-state index contributed by atoms with van der Waals surface area (Å²) >= 11 is 0. The molecule has 390 valence electrons. The number of rotatable bonds is 56. The number of nitrogens with one attached hydrogen (secondary N) is 1. The number of hydrogen-bond acceptors (Lipinski definition) is 5. The molecule has 0 aliphatic carbocycles. The van der Waals surface area contributed by atoms with Gasteiger partial charge in [0.15, 0.2) is 0 Å². The predicted octanol–water partition coefficient (Wildman–Crippen LogP) is 17.5. The Morgan fingerprint density at radius 3 is 0.738 bits per heavy atom. The highest BCUT2D eigenvalue weighted by molar-refractivity contribution is 5.80. The zero-order valence-corrected chi connectivity index (χ0v) is 44.3. The Morgan fingerprint density at radius 1 is 0.323 bits per heavy atom. The summed E-state index contributed by atoms with van der Waals surface area (Å²) in [7, 11) is 0. The Kier molecular flexibility index (Phi) is 53.7. The number of carbonyl (C=O) groups excluding carboxylic acids is 1. The molecular weight excluding hydrogens is 803 g/mol. The van der Waals surface area contributed by atoms with Crippen molar-refractivity contribution in [3.63, 3.8) is 0 Å². The maximum Gasteiger partial charge on any atom is 0.249 e. The fourth-order valence-electron chi connectivity index (χ4n) is 9.88. The molecule has 0 aliphatic rings. The van der Waals surface area contributed by atoms with Gasteiger partial charge in [-0.05, 0) is 12.8 Å². The SMILES string of the molecule is CCCCCCCCCCCCCCCCCCCCCCCCCCCCCCCCCC(O)C(O)C(CO)NC(=O)C(O)CCCCCCCCCCCCCCCCCCCC. The van der Waals surface area contributed by atoms with E-state index in [1.807, 2.05) is 0 Å². The summed E-state index contributed by atoms with van der Waals surface area (Å²) in [4.78, 5) is 12.6. The largest absolute Gasteiger partial charge is 0.394 e. The van der Waals surface area contributed by atoms with E-state index in [1.54, 1.807) is 0 Å². The third kappa shape index (κ3) is 48.1. The Bertz CT molecular complexity index is 902. The smallest absolute Gasteiger partial charge is 0.249 e. The van der Waals surface area contributed by atoms with Crippen LogP contribution in [0.3, 0.4) is 0 Å². The maximum absolute atomic E-state index is 12.6. The lowest BCUT2D eigenvalue weighted by molar-refractivity contribution is -0.132. The van der Waals surface area contributed by atoms with E-state index in [4.69, 9.17) is 0 Å². The van der Waals surface area contributed by atoms with E-state index in [9.17, 15) is 25.2 Å². The number of carbonyl (C=O) groups is 1. The van der Waals surface area contributed by atoms with Crippen LogP contribution in [0.4, 0.5) is 0 Å². The van der Waals surface area contributed by atoms with Crippen LogP contribution in [0, 0.1) is 0 Å². The molecule has 0 radical (unpaired) electrons. The first-order valence-corrected chi connectivity index (χ1v) is 29.9. The molecule has 1 amide bonds. The molecule has 65 heavy (non-hydrogen) atoms. The van der Waals surface area contributed by atoms with E-state index in [0.29, 0.717) is 12.8 Å². The van der Waals surface area contributed by atoms with Crippen molar-refractivity contribution in [3.05, 3.63) is 0 Å². The number of amides is 1. The van der Waals surface area contributed by atoms with Crippen molar-refractivity contribution in [1.82, 2.24) is 5.32 Å². The highest BCUT2D eigenvalue weighted by atomic mass is 16.3. The molecule has 4 unspecified atom stereocenters. The molecule has 0 bridgehead atoms. The molecular formula is C59H119NO5. The highest BCUT2D eigenvalue weighted by Crippen LogP contribution is 2.19. The average Bonchev–Trinajstić information content (AvgIpc) is 3.31. The molecule has 0 aromatic carbocycles. The summed E-state index contributed by atoms with van der Waals surface area (Å²) in [5.41, 5.74) is 0. The van der Waals surface area contributed by atoms with Gasteiger partial charge in [-0.25, -0.2) is 0 Å². The third-order valence-corrected chi connectivity index (χ3v) is 14.6. The quantitative estimate of drug-likeness (QED) is 0.0390. The van der Waals surface area contributed by atoms with Crippen molar-refractivity contribution in [2.45, 2.75) is 366 Å². The van der Waals surface area contributed by atoms with Crippen LogP contribution in [0.2, 0.25) is 0 Å². The molecule has 0 aliphatic heterocycles. The monoisotopic (exact) mass is 922 g/mol. The van der Waals surface area contributed by atoms with Gasteiger partial charge in [0.1, 0.15) is 12.2 Å². The van der Waals surface area contributed by atoms with Gasteiger partial charge < -0.3 is 25.7 Å². The molecule has 0 fully saturated rings. The molecule has 0 saturated carbocycles. The van der Waals surface area contributed by atoms with E-state index >= 15 is 0 Å². The summed E-state index contributed by atoms with van der Waals surface area (Å²) in [5, 5.41) is 44.1. The summed E-state index contributed by atoms with van der Waals surface area (Å²) in [5.74, 6) is -0.576. The topological polar surface area (TPSA) is 110 Å². The van der Waals surface area contributed by atoms with Crippen molar-refractivity contribution in [1.29, 1.82) is 0 Å². The van der Waals surface area contributed by atoms with E-state index in [0.717, 1.165) is 38.5 Å². The molecule has 0 aromatic heterocycles. The zero-order valence-electron chi connectivity index (χ0n) is 44.3. The van der Waals surface area contributed by atoms with Gasteiger partial charge in [-0.3, -0.25) is 4.79 Å². The van der Waals surface area contributed by atoms with E-state index in [2.05, 4.69) is 19.2 Å². The van der Waals surface area contributed by atoms with Gasteiger partial charge in [-0.1, -0.05) is 328 Å². The van der Waals surface area contributed by atoms with Crippen LogP contribution in [0.5, 0.6) is 0 Å². The lowest BCUT2D eigenvalue weighted by Gasteiger charge is -2.27. The molecule has 6 heteroatoms. The van der Waals surface area contributed by atoms with Crippen molar-refractivity contribution in [2.75, 3.05) is 6.61 Å². The first kappa shape index (κ1) is 64.3. The van der Waals surface area contributed by atoms with Gasteiger partial charge >= 0.3 is 0 Å². The lowest BCUT2D eigenvalue weighted by atomic mass is 9.99. The minimum atomic E-state index is -1.25. The molecule has 0 spiro atoms. The standard InChI is InChI=1S/C59H119NO5/c1-3-5-7-9-11-13-15-17-19-21-23-24-25-26-27-28-29-30-31-32-33-34-35-37-38-40-42-44-46-48-50-52-56(62)58(64)55(54-61)60-59(65)57(63)53-51-49-47-45-43-41-39-36-22-20-18-16-14-12-10-8-6-4-2/h55-58,61-64H,3-54H2,1-2H3,(H,60,65). The van der Waals surface area contributed by atoms with Crippen LogP contribution in [-0.2, 0) is 4.79 Å². The predicted molar refractivity (Wildman–Crippen MR) is 284 cm³/mol. The average molecular weight is 923 g/mol. The number of hydrogen-bond donors (Lipinski definition) is 5. The van der Waals surface area contributed by atoms with Crippen molar-refractivity contribution in [3.8, 4) is 0 Å². The summed E-state index contributed by atoms with van der Waals surface area (Å²) in [6.07, 6.45) is 63.3. The maximum atomic E-state index is 12.6. The van der Waals surface area contributed by atoms with Crippen molar-refractivity contribution < 1.29 is 25.2 Å². The second kappa shape index (κ2) is 54.3. The third-order valence-electron chi connectivity index (χ3n) is 14.6. The second-order valence-electron chi connectivity index (χ2n) is 21.1. The van der Waals surface area contributed by atoms with Gasteiger partial charge in [0.05, 0.1) is 18.8 Å². The summed E-state index contributed by atoms with van der Waals surface area (Å²) < 4.78 is 0. The highest BCUT2D eigenvalue weighted by Gasteiger charge is 2.28. The van der Waals surface area contributed by atoms with Gasteiger partial charge in [0.2, 0.25) is 5.91 Å². The number of aliphatic hydroxyl groups excluding tert-OH is 4. The van der Waals surface area contributed by atoms with Crippen LogP contribution in [0.25, 0.3) is 0 Å². The van der Waals surface area contributed by atoms with Gasteiger partial charge in [0, 0.05) is 0 Å². The first-order valence-electron chi connectivity index (χ1n) is 29.9. The van der Waals surface area contributed by atoms with Crippen LogP contribution in [-0.4, -0.2) is 57.3 Å². The van der Waals surface area contributed by atoms with Crippen LogP contribution in [0.15, 0.2) is 0 Å². The van der Waals surface area contributed by atoms with Crippen molar-refractivity contribution in [2.24, 2.45) is 0 Å².